The number of benzene rings is 2. The average molecular weight is 524 g/mol. The van der Waals surface area contributed by atoms with E-state index < -0.39 is 10.1 Å². The van der Waals surface area contributed by atoms with Crippen molar-refractivity contribution in [3.8, 4) is 11.5 Å². The van der Waals surface area contributed by atoms with Gasteiger partial charge in [-0.3, -0.25) is 4.79 Å². The average Bonchev–Trinajstić information content (AvgIpc) is 3.25. The molecular weight excluding hydrogens is 498 g/mol. The standard InChI is InChI=1S/C26H25N3O5S2/c1-16-8-9-17(2)23(12-16)36(31,32)34-20-11-10-18(13-21(20)33-3)14-28-29-15-27-25-24(26(29)30)19-6-4-5-7-22(19)35-25/h8-15H,4-7H2,1-3H3. The SMILES string of the molecule is COc1cc(C=Nn2cnc3sc4c(c3c2=O)CCCC4)ccc1OS(=O)(=O)c1cc(C)ccc1C. The van der Waals surface area contributed by atoms with Gasteiger partial charge in [-0.1, -0.05) is 12.1 Å². The first-order valence-corrected chi connectivity index (χ1v) is 13.8. The molecule has 0 aliphatic heterocycles. The van der Waals surface area contributed by atoms with E-state index in [9.17, 15) is 13.2 Å². The first kappa shape index (κ1) is 24.2. The fourth-order valence-corrected chi connectivity index (χ4v) is 6.80. The Bertz CT molecular complexity index is 1670. The van der Waals surface area contributed by atoms with Gasteiger partial charge in [0, 0.05) is 4.88 Å². The van der Waals surface area contributed by atoms with Crippen molar-refractivity contribution in [2.45, 2.75) is 44.4 Å². The highest BCUT2D eigenvalue weighted by atomic mass is 32.2. The molecule has 0 atom stereocenters. The third-order valence-electron chi connectivity index (χ3n) is 6.19. The molecule has 0 fully saturated rings. The van der Waals surface area contributed by atoms with E-state index >= 15 is 0 Å². The van der Waals surface area contributed by atoms with Gasteiger partial charge in [-0.2, -0.15) is 18.2 Å². The van der Waals surface area contributed by atoms with Crippen molar-refractivity contribution in [2.24, 2.45) is 5.10 Å². The predicted octanol–water partition coefficient (Wildman–Crippen LogP) is 4.61. The lowest BCUT2D eigenvalue weighted by molar-refractivity contribution is 0.390. The van der Waals surface area contributed by atoms with E-state index in [-0.39, 0.29) is 22.0 Å². The van der Waals surface area contributed by atoms with Crippen LogP contribution in [0.3, 0.4) is 0 Å². The van der Waals surface area contributed by atoms with Crippen molar-refractivity contribution >= 4 is 37.9 Å². The third kappa shape index (κ3) is 4.54. The van der Waals surface area contributed by atoms with E-state index in [0.717, 1.165) is 41.6 Å². The molecule has 0 saturated carbocycles. The monoisotopic (exact) mass is 523 g/mol. The first-order valence-electron chi connectivity index (χ1n) is 11.5. The van der Waals surface area contributed by atoms with Gasteiger partial charge in [0.2, 0.25) is 0 Å². The maximum absolute atomic E-state index is 13.1. The van der Waals surface area contributed by atoms with Gasteiger partial charge in [-0.25, -0.2) is 4.98 Å². The van der Waals surface area contributed by atoms with Crippen LogP contribution in [0.25, 0.3) is 10.2 Å². The zero-order valence-electron chi connectivity index (χ0n) is 20.1. The zero-order valence-corrected chi connectivity index (χ0v) is 21.8. The van der Waals surface area contributed by atoms with Crippen LogP contribution in [0.2, 0.25) is 0 Å². The highest BCUT2D eigenvalue weighted by Gasteiger charge is 2.22. The minimum absolute atomic E-state index is 0.0562. The van der Waals surface area contributed by atoms with Crippen molar-refractivity contribution in [2.75, 3.05) is 7.11 Å². The van der Waals surface area contributed by atoms with Crippen LogP contribution in [0.1, 0.15) is 40.0 Å². The molecule has 0 bridgehead atoms. The quantitative estimate of drug-likeness (QED) is 0.270. The number of fused-ring (bicyclic) bond motifs is 3. The Morgan fingerprint density at radius 2 is 1.89 bits per heavy atom. The highest BCUT2D eigenvalue weighted by molar-refractivity contribution is 7.87. The number of methoxy groups -OCH3 is 1. The summed E-state index contributed by atoms with van der Waals surface area (Å²) in [4.78, 5) is 19.7. The van der Waals surface area contributed by atoms with Crippen molar-refractivity contribution < 1.29 is 17.3 Å². The van der Waals surface area contributed by atoms with Crippen LogP contribution < -0.4 is 14.5 Å². The Kier molecular flexibility index (Phi) is 6.40. The second-order valence-corrected chi connectivity index (χ2v) is 11.3. The molecule has 2 aromatic heterocycles. The topological polar surface area (TPSA) is 99.8 Å². The fourth-order valence-electron chi connectivity index (χ4n) is 4.32. The molecule has 186 valence electrons. The first-order chi connectivity index (χ1) is 17.3. The Labute approximate surface area is 213 Å². The van der Waals surface area contributed by atoms with Crippen LogP contribution in [0.5, 0.6) is 11.5 Å². The molecule has 1 aliphatic carbocycles. The number of hydrogen-bond donors (Lipinski definition) is 0. The van der Waals surface area contributed by atoms with Gasteiger partial charge in [0.15, 0.2) is 11.5 Å². The summed E-state index contributed by atoms with van der Waals surface area (Å²) >= 11 is 1.59. The number of aromatic nitrogens is 2. The number of nitrogens with zero attached hydrogens (tertiary/aromatic N) is 3. The summed E-state index contributed by atoms with van der Waals surface area (Å²) < 4.78 is 37.8. The van der Waals surface area contributed by atoms with Gasteiger partial charge in [0.25, 0.3) is 5.56 Å². The molecule has 2 aromatic carbocycles. The molecule has 5 rings (SSSR count). The summed E-state index contributed by atoms with van der Waals surface area (Å²) in [6, 6.07) is 9.90. The molecule has 4 aromatic rings. The molecule has 0 amide bonds. The van der Waals surface area contributed by atoms with E-state index in [1.54, 1.807) is 42.5 Å². The van der Waals surface area contributed by atoms with E-state index in [0.29, 0.717) is 16.5 Å². The van der Waals surface area contributed by atoms with Gasteiger partial charge in [-0.15, -0.1) is 11.3 Å². The number of hydrogen-bond acceptors (Lipinski definition) is 8. The summed E-state index contributed by atoms with van der Waals surface area (Å²) in [6.07, 6.45) is 7.02. The largest absolute Gasteiger partial charge is 0.493 e. The Hall–Kier alpha value is -3.50. The molecule has 2 heterocycles. The molecule has 0 saturated heterocycles. The third-order valence-corrected chi connectivity index (χ3v) is 8.77. The van der Waals surface area contributed by atoms with Gasteiger partial charge in [-0.05, 0) is 86.1 Å². The van der Waals surface area contributed by atoms with Gasteiger partial charge in [0.05, 0.1) is 18.7 Å². The van der Waals surface area contributed by atoms with Crippen LogP contribution in [0.15, 0.2) is 57.5 Å². The Balaban J connectivity index is 1.43. The summed E-state index contributed by atoms with van der Waals surface area (Å²) in [6.45, 7) is 3.53. The summed E-state index contributed by atoms with van der Waals surface area (Å²) in [5.41, 5.74) is 2.92. The van der Waals surface area contributed by atoms with Gasteiger partial charge < -0.3 is 8.92 Å². The summed E-state index contributed by atoms with van der Waals surface area (Å²) in [5, 5.41) is 4.97. The molecule has 1 aliphatic rings. The van der Waals surface area contributed by atoms with Crippen LogP contribution >= 0.6 is 11.3 Å². The van der Waals surface area contributed by atoms with Gasteiger partial charge in [0.1, 0.15) is 16.1 Å². The van der Waals surface area contributed by atoms with Gasteiger partial charge >= 0.3 is 10.1 Å². The van der Waals surface area contributed by atoms with Crippen LogP contribution in [-0.4, -0.2) is 31.4 Å². The van der Waals surface area contributed by atoms with Crippen LogP contribution in [-0.2, 0) is 23.0 Å². The van der Waals surface area contributed by atoms with Crippen molar-refractivity contribution in [1.82, 2.24) is 9.66 Å². The lowest BCUT2D eigenvalue weighted by atomic mass is 9.97. The second kappa shape index (κ2) is 9.51. The summed E-state index contributed by atoms with van der Waals surface area (Å²) in [7, 11) is -2.64. The molecule has 0 N–H and O–H groups in total. The Morgan fingerprint density at radius 1 is 1.08 bits per heavy atom. The summed E-state index contributed by atoms with van der Waals surface area (Å²) in [5.74, 6) is 0.279. The number of ether oxygens (including phenoxy) is 1. The fraction of sp³-hybridized carbons (Fsp3) is 0.269. The normalized spacial score (nSPS) is 13.8. The molecule has 36 heavy (non-hydrogen) atoms. The maximum Gasteiger partial charge on any atom is 0.339 e. The number of aryl methyl sites for hydroxylation is 4. The van der Waals surface area contributed by atoms with Crippen LogP contribution in [0, 0.1) is 13.8 Å². The van der Waals surface area contributed by atoms with Crippen LogP contribution in [0.4, 0.5) is 0 Å². The second-order valence-electron chi connectivity index (χ2n) is 8.75. The molecule has 0 radical (unpaired) electrons. The van der Waals surface area contributed by atoms with E-state index in [1.807, 2.05) is 13.0 Å². The smallest absolute Gasteiger partial charge is 0.339 e. The minimum Gasteiger partial charge on any atom is -0.493 e. The lowest BCUT2D eigenvalue weighted by Gasteiger charge is -2.13. The van der Waals surface area contributed by atoms with Crippen molar-refractivity contribution in [3.05, 3.63) is 80.2 Å². The highest BCUT2D eigenvalue weighted by Crippen LogP contribution is 2.34. The Morgan fingerprint density at radius 3 is 2.69 bits per heavy atom. The number of thiophene rings is 1. The molecular formula is C26H25N3O5S2. The van der Waals surface area contributed by atoms with Crippen molar-refractivity contribution in [1.29, 1.82) is 0 Å². The van der Waals surface area contributed by atoms with E-state index in [2.05, 4.69) is 10.1 Å². The number of rotatable bonds is 6. The zero-order chi connectivity index (χ0) is 25.4. The maximum atomic E-state index is 13.1. The molecule has 8 nitrogen and oxygen atoms in total. The lowest BCUT2D eigenvalue weighted by Crippen LogP contribution is -2.18. The molecule has 0 spiro atoms. The van der Waals surface area contributed by atoms with E-state index in [4.69, 9.17) is 8.92 Å². The minimum atomic E-state index is -4.06. The van der Waals surface area contributed by atoms with E-state index in [1.165, 1.54) is 35.3 Å². The predicted molar refractivity (Wildman–Crippen MR) is 140 cm³/mol. The molecule has 0 unspecified atom stereocenters. The molecule has 10 heteroatoms. The van der Waals surface area contributed by atoms with Crippen molar-refractivity contribution in [3.63, 3.8) is 0 Å².